The molecule has 4 nitrogen and oxygen atoms in total. The fourth-order valence-corrected chi connectivity index (χ4v) is 5.39. The number of rotatable bonds is 8. The standard InChI is InChI=1S/C28H38N2O2/c1-23-11-6-9-20-30(23)21-10-22-32-26-16-14-25(15-17-26)29-27(31)28(18-7-3-8-19-28)24-12-4-2-5-13-24/h2,4-5,12-17,23H,3,6-11,18-22H2,1H3,(H,29,31)/t23-/m0/s1. The molecule has 172 valence electrons. The molecular formula is C28H38N2O2. The zero-order valence-corrected chi connectivity index (χ0v) is 19.5. The molecular weight excluding hydrogens is 396 g/mol. The molecule has 1 aliphatic heterocycles. The first-order valence-electron chi connectivity index (χ1n) is 12.5. The molecule has 0 radical (unpaired) electrons. The van der Waals surface area contributed by atoms with Crippen molar-refractivity contribution in [2.24, 2.45) is 0 Å². The third-order valence-electron chi connectivity index (χ3n) is 7.38. The lowest BCUT2D eigenvalue weighted by Gasteiger charge is -2.36. The van der Waals surface area contributed by atoms with Crippen LogP contribution >= 0.6 is 0 Å². The van der Waals surface area contributed by atoms with E-state index in [0.29, 0.717) is 6.04 Å². The van der Waals surface area contributed by atoms with Gasteiger partial charge in [0.25, 0.3) is 0 Å². The highest BCUT2D eigenvalue weighted by atomic mass is 16.5. The number of amides is 1. The number of nitrogens with one attached hydrogen (secondary N) is 1. The summed E-state index contributed by atoms with van der Waals surface area (Å²) in [6.45, 7) is 5.39. The summed E-state index contributed by atoms with van der Waals surface area (Å²) < 4.78 is 5.96. The minimum absolute atomic E-state index is 0.118. The van der Waals surface area contributed by atoms with E-state index in [1.165, 1.54) is 32.2 Å². The lowest BCUT2D eigenvalue weighted by atomic mass is 9.68. The number of hydrogen-bond donors (Lipinski definition) is 1. The van der Waals surface area contributed by atoms with Crippen LogP contribution in [0.3, 0.4) is 0 Å². The van der Waals surface area contributed by atoms with E-state index in [2.05, 4.69) is 29.3 Å². The van der Waals surface area contributed by atoms with Gasteiger partial charge in [0.1, 0.15) is 5.75 Å². The molecule has 2 aromatic carbocycles. The molecule has 2 aromatic rings. The lowest BCUT2D eigenvalue weighted by Crippen LogP contribution is -2.42. The van der Waals surface area contributed by atoms with Crippen LogP contribution in [-0.2, 0) is 10.2 Å². The van der Waals surface area contributed by atoms with E-state index in [9.17, 15) is 4.79 Å². The van der Waals surface area contributed by atoms with Gasteiger partial charge in [0, 0.05) is 18.3 Å². The topological polar surface area (TPSA) is 41.6 Å². The molecule has 0 spiro atoms. The van der Waals surface area contributed by atoms with Gasteiger partial charge in [-0.15, -0.1) is 0 Å². The molecule has 1 N–H and O–H groups in total. The van der Waals surface area contributed by atoms with Crippen LogP contribution in [0.5, 0.6) is 5.75 Å². The Labute approximate surface area is 193 Å². The molecule has 4 heteroatoms. The number of carbonyl (C=O) groups excluding carboxylic acids is 1. The van der Waals surface area contributed by atoms with Crippen molar-refractivity contribution in [3.63, 3.8) is 0 Å². The first-order valence-corrected chi connectivity index (χ1v) is 12.5. The maximum atomic E-state index is 13.4. The highest BCUT2D eigenvalue weighted by Crippen LogP contribution is 2.40. The SMILES string of the molecule is C[C@H]1CCCCN1CCCOc1ccc(NC(=O)C2(c3ccccc3)CCCCC2)cc1. The number of hydrogen-bond acceptors (Lipinski definition) is 3. The van der Waals surface area contributed by atoms with Crippen molar-refractivity contribution in [2.75, 3.05) is 25.0 Å². The van der Waals surface area contributed by atoms with Gasteiger partial charge in [-0.1, -0.05) is 56.0 Å². The fraction of sp³-hybridized carbons (Fsp3) is 0.536. The van der Waals surface area contributed by atoms with Crippen molar-refractivity contribution in [2.45, 2.75) is 76.2 Å². The molecule has 1 saturated heterocycles. The van der Waals surface area contributed by atoms with E-state index < -0.39 is 5.41 Å². The molecule has 1 aliphatic carbocycles. The Morgan fingerprint density at radius 3 is 2.47 bits per heavy atom. The predicted octanol–water partition coefficient (Wildman–Crippen LogP) is 6.17. The monoisotopic (exact) mass is 434 g/mol. The Morgan fingerprint density at radius 2 is 1.75 bits per heavy atom. The molecule has 1 atom stereocenters. The summed E-state index contributed by atoms with van der Waals surface area (Å²) >= 11 is 0. The Hall–Kier alpha value is -2.33. The molecule has 1 amide bonds. The van der Waals surface area contributed by atoms with Crippen LogP contribution in [0.1, 0.15) is 70.3 Å². The predicted molar refractivity (Wildman–Crippen MR) is 131 cm³/mol. The van der Waals surface area contributed by atoms with Gasteiger partial charge in [0.15, 0.2) is 0 Å². The van der Waals surface area contributed by atoms with Gasteiger partial charge >= 0.3 is 0 Å². The van der Waals surface area contributed by atoms with Crippen molar-refractivity contribution in [1.29, 1.82) is 0 Å². The minimum atomic E-state index is -0.416. The summed E-state index contributed by atoms with van der Waals surface area (Å²) in [5.41, 5.74) is 1.56. The molecule has 2 aliphatic rings. The smallest absolute Gasteiger partial charge is 0.235 e. The number of anilines is 1. The van der Waals surface area contributed by atoms with Gasteiger partial charge in [-0.3, -0.25) is 4.79 Å². The lowest BCUT2D eigenvalue weighted by molar-refractivity contribution is -0.122. The van der Waals surface area contributed by atoms with Crippen LogP contribution in [-0.4, -0.2) is 36.5 Å². The Bertz CT molecular complexity index is 843. The first kappa shape index (κ1) is 22.8. The maximum Gasteiger partial charge on any atom is 0.235 e. The number of ether oxygens (including phenoxy) is 1. The van der Waals surface area contributed by atoms with Gasteiger partial charge in [-0.2, -0.15) is 0 Å². The number of nitrogens with zero attached hydrogens (tertiary/aromatic N) is 1. The molecule has 1 heterocycles. The van der Waals surface area contributed by atoms with Crippen molar-refractivity contribution < 1.29 is 9.53 Å². The zero-order valence-electron chi connectivity index (χ0n) is 19.5. The number of piperidine rings is 1. The quantitative estimate of drug-likeness (QED) is 0.505. The summed E-state index contributed by atoms with van der Waals surface area (Å²) in [4.78, 5) is 16.0. The van der Waals surface area contributed by atoms with Crippen molar-refractivity contribution >= 4 is 11.6 Å². The first-order chi connectivity index (χ1) is 15.7. The van der Waals surface area contributed by atoms with Crippen LogP contribution in [0.25, 0.3) is 0 Å². The third-order valence-corrected chi connectivity index (χ3v) is 7.38. The van der Waals surface area contributed by atoms with E-state index in [-0.39, 0.29) is 5.91 Å². The summed E-state index contributed by atoms with van der Waals surface area (Å²) in [5.74, 6) is 0.984. The van der Waals surface area contributed by atoms with Crippen LogP contribution in [0, 0.1) is 0 Å². The van der Waals surface area contributed by atoms with Crippen LogP contribution in [0.4, 0.5) is 5.69 Å². The second kappa shape index (κ2) is 11.0. The third kappa shape index (κ3) is 5.53. The van der Waals surface area contributed by atoms with Gasteiger partial charge in [-0.25, -0.2) is 0 Å². The summed E-state index contributed by atoms with van der Waals surface area (Å²) in [6.07, 6.45) is 10.3. The molecule has 2 fully saturated rings. The molecule has 0 bridgehead atoms. The molecule has 32 heavy (non-hydrogen) atoms. The van der Waals surface area contributed by atoms with Gasteiger partial charge in [0.05, 0.1) is 12.0 Å². The average molecular weight is 435 g/mol. The van der Waals surface area contributed by atoms with E-state index in [1.807, 2.05) is 42.5 Å². The molecule has 0 unspecified atom stereocenters. The highest BCUT2D eigenvalue weighted by Gasteiger charge is 2.41. The van der Waals surface area contributed by atoms with Crippen molar-refractivity contribution in [3.05, 3.63) is 60.2 Å². The highest BCUT2D eigenvalue weighted by molar-refractivity contribution is 5.99. The van der Waals surface area contributed by atoms with Crippen LogP contribution < -0.4 is 10.1 Å². The van der Waals surface area contributed by atoms with E-state index in [0.717, 1.165) is 62.3 Å². The largest absolute Gasteiger partial charge is 0.494 e. The number of likely N-dealkylation sites (tertiary alicyclic amines) is 1. The molecule has 1 saturated carbocycles. The second-order valence-electron chi connectivity index (χ2n) is 9.57. The minimum Gasteiger partial charge on any atom is -0.494 e. The fourth-order valence-electron chi connectivity index (χ4n) is 5.39. The van der Waals surface area contributed by atoms with Crippen molar-refractivity contribution in [1.82, 2.24) is 4.90 Å². The van der Waals surface area contributed by atoms with E-state index in [4.69, 9.17) is 4.74 Å². The van der Waals surface area contributed by atoms with Gasteiger partial charge in [0.2, 0.25) is 5.91 Å². The Kier molecular flexibility index (Phi) is 7.85. The Balaban J connectivity index is 1.30. The number of carbonyl (C=O) groups is 1. The molecule has 0 aromatic heterocycles. The maximum absolute atomic E-state index is 13.4. The zero-order chi connectivity index (χ0) is 22.2. The van der Waals surface area contributed by atoms with E-state index >= 15 is 0 Å². The normalized spacial score (nSPS) is 21.1. The molecule has 4 rings (SSSR count). The van der Waals surface area contributed by atoms with Gasteiger partial charge < -0.3 is 15.0 Å². The van der Waals surface area contributed by atoms with Crippen LogP contribution in [0.2, 0.25) is 0 Å². The van der Waals surface area contributed by atoms with Crippen LogP contribution in [0.15, 0.2) is 54.6 Å². The summed E-state index contributed by atoms with van der Waals surface area (Å²) in [7, 11) is 0. The van der Waals surface area contributed by atoms with E-state index in [1.54, 1.807) is 0 Å². The second-order valence-corrected chi connectivity index (χ2v) is 9.57. The van der Waals surface area contributed by atoms with Gasteiger partial charge in [-0.05, 0) is 75.4 Å². The number of benzene rings is 2. The summed E-state index contributed by atoms with van der Waals surface area (Å²) in [6, 6.07) is 18.9. The summed E-state index contributed by atoms with van der Waals surface area (Å²) in [5, 5.41) is 3.19. The van der Waals surface area contributed by atoms with Crippen molar-refractivity contribution in [3.8, 4) is 5.75 Å². The Morgan fingerprint density at radius 1 is 1.00 bits per heavy atom. The average Bonchev–Trinajstić information content (AvgIpc) is 2.85.